The van der Waals surface area contributed by atoms with E-state index in [9.17, 15) is 19.2 Å². The number of nitrogens with one attached hydrogen (secondary N) is 1. The van der Waals surface area contributed by atoms with Gasteiger partial charge >= 0.3 is 0 Å². The minimum Gasteiger partial charge on any atom is -0.366 e. The number of fused-ring (bicyclic) bond motifs is 1. The molecule has 0 aromatic heterocycles. The van der Waals surface area contributed by atoms with Gasteiger partial charge in [0.2, 0.25) is 11.8 Å². The Morgan fingerprint density at radius 2 is 1.48 bits per heavy atom. The lowest BCUT2D eigenvalue weighted by atomic mass is 10.1. The highest BCUT2D eigenvalue weighted by atomic mass is 16.2. The van der Waals surface area contributed by atoms with Crippen molar-refractivity contribution in [1.82, 2.24) is 4.90 Å². The molecule has 7 nitrogen and oxygen atoms in total. The average molecular weight is 337 g/mol. The fraction of sp³-hybridized carbons (Fsp3) is 0.111. The first-order valence-electron chi connectivity index (χ1n) is 7.58. The summed E-state index contributed by atoms with van der Waals surface area (Å²) in [4.78, 5) is 49.2. The van der Waals surface area contributed by atoms with E-state index in [1.807, 2.05) is 0 Å². The number of nitrogens with two attached hydrogens (primary N) is 1. The van der Waals surface area contributed by atoms with Crippen LogP contribution in [0.5, 0.6) is 0 Å². The number of hydrogen-bond donors (Lipinski definition) is 2. The molecular weight excluding hydrogens is 322 g/mol. The van der Waals surface area contributed by atoms with Gasteiger partial charge in [-0.15, -0.1) is 0 Å². The number of hydrogen-bond acceptors (Lipinski definition) is 4. The molecule has 7 heteroatoms. The smallest absolute Gasteiger partial charge is 0.262 e. The van der Waals surface area contributed by atoms with Crippen LogP contribution in [0.4, 0.5) is 5.69 Å². The maximum Gasteiger partial charge on any atom is 0.262 e. The van der Waals surface area contributed by atoms with Crippen LogP contribution in [-0.2, 0) is 4.79 Å². The third-order valence-corrected chi connectivity index (χ3v) is 4.03. The lowest BCUT2D eigenvalue weighted by Gasteiger charge is -2.21. The molecule has 1 aliphatic heterocycles. The molecule has 3 rings (SSSR count). The number of anilines is 1. The van der Waals surface area contributed by atoms with Gasteiger partial charge in [-0.2, -0.15) is 0 Å². The van der Waals surface area contributed by atoms with E-state index < -0.39 is 29.7 Å². The van der Waals surface area contributed by atoms with Crippen LogP contribution in [0.25, 0.3) is 0 Å². The van der Waals surface area contributed by atoms with Gasteiger partial charge in [0.25, 0.3) is 11.8 Å². The summed E-state index contributed by atoms with van der Waals surface area (Å²) in [5.41, 5.74) is 6.48. The number of primary amides is 1. The van der Waals surface area contributed by atoms with Crippen LogP contribution in [0.1, 0.15) is 38.0 Å². The van der Waals surface area contributed by atoms with Gasteiger partial charge < -0.3 is 11.1 Å². The molecule has 0 radical (unpaired) electrons. The van der Waals surface area contributed by atoms with Crippen LogP contribution in [0.2, 0.25) is 0 Å². The lowest BCUT2D eigenvalue weighted by molar-refractivity contribution is -0.119. The van der Waals surface area contributed by atoms with Gasteiger partial charge in [0.05, 0.1) is 11.1 Å². The monoisotopic (exact) mass is 337 g/mol. The molecule has 0 unspecified atom stereocenters. The van der Waals surface area contributed by atoms with Crippen LogP contribution in [0.15, 0.2) is 48.5 Å². The summed E-state index contributed by atoms with van der Waals surface area (Å²) in [6, 6.07) is 11.5. The highest BCUT2D eigenvalue weighted by Crippen LogP contribution is 2.25. The highest BCUT2D eigenvalue weighted by Gasteiger charge is 2.40. The predicted octanol–water partition coefficient (Wildman–Crippen LogP) is 1.41. The van der Waals surface area contributed by atoms with Crippen molar-refractivity contribution in [3.05, 3.63) is 65.2 Å². The van der Waals surface area contributed by atoms with Gasteiger partial charge in [0.15, 0.2) is 0 Å². The Balaban J connectivity index is 1.76. The van der Waals surface area contributed by atoms with E-state index in [-0.39, 0.29) is 11.1 Å². The Morgan fingerprint density at radius 1 is 0.960 bits per heavy atom. The van der Waals surface area contributed by atoms with E-state index >= 15 is 0 Å². The number of imide groups is 1. The van der Waals surface area contributed by atoms with Crippen LogP contribution in [-0.4, -0.2) is 34.6 Å². The van der Waals surface area contributed by atoms with E-state index in [2.05, 4.69) is 5.32 Å². The van der Waals surface area contributed by atoms with Gasteiger partial charge in [0.1, 0.15) is 6.04 Å². The molecule has 126 valence electrons. The molecule has 0 fully saturated rings. The van der Waals surface area contributed by atoms with Crippen molar-refractivity contribution in [2.24, 2.45) is 5.73 Å². The molecule has 2 aromatic carbocycles. The first-order chi connectivity index (χ1) is 11.9. The normalized spacial score (nSPS) is 14.2. The summed E-state index contributed by atoms with van der Waals surface area (Å²) in [5.74, 6) is -2.07. The van der Waals surface area contributed by atoms with Crippen LogP contribution >= 0.6 is 0 Å². The molecule has 0 aliphatic carbocycles. The maximum absolute atomic E-state index is 12.4. The van der Waals surface area contributed by atoms with E-state index in [1.165, 1.54) is 31.2 Å². The Kier molecular flexibility index (Phi) is 4.06. The van der Waals surface area contributed by atoms with E-state index in [0.717, 1.165) is 4.90 Å². The van der Waals surface area contributed by atoms with Crippen molar-refractivity contribution in [3.63, 3.8) is 0 Å². The summed E-state index contributed by atoms with van der Waals surface area (Å²) in [6.07, 6.45) is 0. The lowest BCUT2D eigenvalue weighted by Crippen LogP contribution is -2.45. The zero-order valence-corrected chi connectivity index (χ0v) is 13.4. The molecule has 0 bridgehead atoms. The summed E-state index contributed by atoms with van der Waals surface area (Å²) in [6.45, 7) is 1.48. The van der Waals surface area contributed by atoms with Crippen LogP contribution in [0, 0.1) is 0 Å². The average Bonchev–Trinajstić information content (AvgIpc) is 2.86. The zero-order chi connectivity index (χ0) is 18.1. The van der Waals surface area contributed by atoms with Gasteiger partial charge in [-0.25, -0.2) is 0 Å². The number of amides is 4. The molecular formula is C18H15N3O4. The van der Waals surface area contributed by atoms with Crippen molar-refractivity contribution >= 4 is 29.3 Å². The third-order valence-electron chi connectivity index (χ3n) is 4.03. The first kappa shape index (κ1) is 16.4. The largest absolute Gasteiger partial charge is 0.366 e. The van der Waals surface area contributed by atoms with Crippen molar-refractivity contribution < 1.29 is 19.2 Å². The summed E-state index contributed by atoms with van der Waals surface area (Å²) in [5, 5.41) is 2.62. The molecule has 0 spiro atoms. The molecule has 0 saturated carbocycles. The minimum atomic E-state index is -0.983. The summed E-state index contributed by atoms with van der Waals surface area (Å²) in [7, 11) is 0. The Morgan fingerprint density at radius 3 is 1.96 bits per heavy atom. The van der Waals surface area contributed by atoms with Crippen molar-refractivity contribution in [1.29, 1.82) is 0 Å². The second-order valence-corrected chi connectivity index (χ2v) is 5.63. The summed E-state index contributed by atoms with van der Waals surface area (Å²) < 4.78 is 0. The van der Waals surface area contributed by atoms with E-state index in [4.69, 9.17) is 5.73 Å². The van der Waals surface area contributed by atoms with Crippen LogP contribution in [0.3, 0.4) is 0 Å². The predicted molar refractivity (Wildman–Crippen MR) is 90.0 cm³/mol. The molecule has 25 heavy (non-hydrogen) atoms. The van der Waals surface area contributed by atoms with Crippen LogP contribution < -0.4 is 11.1 Å². The Labute approximate surface area is 143 Å². The number of rotatable bonds is 4. The third kappa shape index (κ3) is 2.87. The number of benzene rings is 2. The SMILES string of the molecule is C[C@@H](C(=O)Nc1ccc(C(N)=O)cc1)N1C(=O)c2ccccc2C1=O. The molecule has 1 aliphatic rings. The molecule has 3 N–H and O–H groups in total. The molecule has 1 atom stereocenters. The molecule has 4 amide bonds. The van der Waals surface area contributed by atoms with Gasteiger partial charge in [-0.05, 0) is 43.3 Å². The zero-order valence-electron chi connectivity index (χ0n) is 13.4. The van der Waals surface area contributed by atoms with Gasteiger partial charge in [-0.1, -0.05) is 12.1 Å². The topological polar surface area (TPSA) is 110 Å². The number of carbonyl (C=O) groups excluding carboxylic acids is 4. The Hall–Kier alpha value is -3.48. The quantitative estimate of drug-likeness (QED) is 0.822. The second kappa shape index (κ2) is 6.20. The highest BCUT2D eigenvalue weighted by molar-refractivity contribution is 6.23. The standard InChI is InChI=1S/C18H15N3O4/c1-10(16(23)20-12-8-6-11(7-9-12)15(19)22)21-17(24)13-4-2-3-5-14(13)18(21)25/h2-10H,1H3,(H2,19,22)(H,20,23)/t10-/m0/s1. The van der Waals surface area contributed by atoms with E-state index in [1.54, 1.807) is 24.3 Å². The summed E-state index contributed by atoms with van der Waals surface area (Å²) >= 11 is 0. The van der Waals surface area contributed by atoms with Gasteiger partial charge in [-0.3, -0.25) is 24.1 Å². The first-order valence-corrected chi connectivity index (χ1v) is 7.58. The fourth-order valence-electron chi connectivity index (χ4n) is 2.64. The van der Waals surface area contributed by atoms with Gasteiger partial charge in [0, 0.05) is 11.3 Å². The number of nitrogens with zero attached hydrogens (tertiary/aromatic N) is 1. The molecule has 1 heterocycles. The van der Waals surface area contributed by atoms with Crippen molar-refractivity contribution in [2.75, 3.05) is 5.32 Å². The van der Waals surface area contributed by atoms with Crippen molar-refractivity contribution in [3.8, 4) is 0 Å². The molecule has 0 saturated heterocycles. The second-order valence-electron chi connectivity index (χ2n) is 5.63. The maximum atomic E-state index is 12.4. The minimum absolute atomic E-state index is 0.290. The molecule has 2 aromatic rings. The number of carbonyl (C=O) groups is 4. The fourth-order valence-corrected chi connectivity index (χ4v) is 2.64. The van der Waals surface area contributed by atoms with Crippen molar-refractivity contribution in [2.45, 2.75) is 13.0 Å². The van der Waals surface area contributed by atoms with E-state index in [0.29, 0.717) is 11.3 Å². The Bertz CT molecular complexity index is 854.